The Hall–Kier alpha value is -1.48. The molecule has 0 saturated carbocycles. The number of aliphatic hydroxyl groups is 1. The summed E-state index contributed by atoms with van der Waals surface area (Å²) in [4.78, 5) is 11.9. The molecule has 90 valence electrons. The maximum Gasteiger partial charge on any atom is 0.256 e. The van der Waals surface area contributed by atoms with Crippen LogP contribution in [0.25, 0.3) is 5.57 Å². The van der Waals surface area contributed by atoms with Gasteiger partial charge in [0, 0.05) is 10.6 Å². The molecule has 1 aliphatic heterocycles. The Bertz CT molecular complexity index is 532. The summed E-state index contributed by atoms with van der Waals surface area (Å²) in [6.45, 7) is 5.41. The fourth-order valence-electron chi connectivity index (χ4n) is 1.91. The van der Waals surface area contributed by atoms with E-state index in [1.54, 1.807) is 26.0 Å². The van der Waals surface area contributed by atoms with Crippen molar-refractivity contribution in [3.8, 4) is 0 Å². The van der Waals surface area contributed by atoms with Crippen LogP contribution >= 0.6 is 11.6 Å². The zero-order valence-corrected chi connectivity index (χ0v) is 10.7. The lowest BCUT2D eigenvalue weighted by Crippen LogP contribution is -2.38. The molecule has 0 aromatic heterocycles. The van der Waals surface area contributed by atoms with Crippen molar-refractivity contribution in [1.29, 1.82) is 0 Å². The van der Waals surface area contributed by atoms with E-state index in [1.165, 1.54) is 0 Å². The molecule has 0 unspecified atom stereocenters. The molecule has 17 heavy (non-hydrogen) atoms. The first kappa shape index (κ1) is 12.0. The van der Waals surface area contributed by atoms with Gasteiger partial charge in [-0.2, -0.15) is 0 Å². The molecule has 2 rings (SSSR count). The van der Waals surface area contributed by atoms with Crippen molar-refractivity contribution in [2.24, 2.45) is 0 Å². The second kappa shape index (κ2) is 3.77. The van der Waals surface area contributed by atoms with Gasteiger partial charge < -0.3 is 10.4 Å². The van der Waals surface area contributed by atoms with E-state index in [1.807, 2.05) is 13.0 Å². The summed E-state index contributed by atoms with van der Waals surface area (Å²) >= 11 is 6.07. The largest absolute Gasteiger partial charge is 0.509 e. The molecule has 1 aromatic carbocycles. The number of hydrogen-bond donors (Lipinski definition) is 2. The van der Waals surface area contributed by atoms with Gasteiger partial charge in [0.1, 0.15) is 5.76 Å². The number of carbonyl (C=O) groups is 1. The van der Waals surface area contributed by atoms with Gasteiger partial charge >= 0.3 is 0 Å². The van der Waals surface area contributed by atoms with Crippen LogP contribution in [0.1, 0.15) is 25.0 Å². The van der Waals surface area contributed by atoms with E-state index < -0.39 is 5.54 Å². The Morgan fingerprint density at radius 3 is 2.53 bits per heavy atom. The van der Waals surface area contributed by atoms with Crippen molar-refractivity contribution in [2.75, 3.05) is 0 Å². The highest BCUT2D eigenvalue weighted by Gasteiger charge is 2.39. The number of aliphatic hydroxyl groups excluding tert-OH is 1. The van der Waals surface area contributed by atoms with Crippen LogP contribution in [0.3, 0.4) is 0 Å². The zero-order valence-electron chi connectivity index (χ0n) is 9.97. The van der Waals surface area contributed by atoms with Gasteiger partial charge in [0.15, 0.2) is 0 Å². The molecule has 0 atom stereocenters. The molecule has 0 bridgehead atoms. The number of nitrogens with one attached hydrogen (secondary N) is 1. The first-order valence-electron chi connectivity index (χ1n) is 5.35. The van der Waals surface area contributed by atoms with Gasteiger partial charge in [0.05, 0.1) is 11.1 Å². The van der Waals surface area contributed by atoms with Crippen molar-refractivity contribution in [1.82, 2.24) is 5.32 Å². The van der Waals surface area contributed by atoms with Crippen molar-refractivity contribution < 1.29 is 9.90 Å². The summed E-state index contributed by atoms with van der Waals surface area (Å²) < 4.78 is 0. The molecular formula is C13H14ClNO2. The van der Waals surface area contributed by atoms with Crippen LogP contribution in [0.15, 0.2) is 24.0 Å². The van der Waals surface area contributed by atoms with Crippen LogP contribution in [0, 0.1) is 6.92 Å². The van der Waals surface area contributed by atoms with E-state index in [-0.39, 0.29) is 17.2 Å². The zero-order chi connectivity index (χ0) is 12.8. The third-order valence-corrected chi connectivity index (χ3v) is 3.20. The minimum atomic E-state index is -0.737. The van der Waals surface area contributed by atoms with Gasteiger partial charge in [0.25, 0.3) is 5.91 Å². The van der Waals surface area contributed by atoms with Crippen LogP contribution in [0.4, 0.5) is 0 Å². The summed E-state index contributed by atoms with van der Waals surface area (Å²) in [7, 11) is 0. The summed E-state index contributed by atoms with van der Waals surface area (Å²) in [5.41, 5.74) is 1.10. The SMILES string of the molecule is Cc1ccc(Cl)c(C2=C(O)C(C)(C)NC2=O)c1. The average molecular weight is 252 g/mol. The second-order valence-electron chi connectivity index (χ2n) is 4.79. The maximum absolute atomic E-state index is 11.9. The highest BCUT2D eigenvalue weighted by atomic mass is 35.5. The number of benzene rings is 1. The number of amides is 1. The van der Waals surface area contributed by atoms with E-state index in [9.17, 15) is 9.90 Å². The van der Waals surface area contributed by atoms with Gasteiger partial charge in [0.2, 0.25) is 0 Å². The molecule has 1 amide bonds. The second-order valence-corrected chi connectivity index (χ2v) is 5.19. The van der Waals surface area contributed by atoms with Gasteiger partial charge in [-0.1, -0.05) is 23.2 Å². The fraction of sp³-hybridized carbons (Fsp3) is 0.308. The van der Waals surface area contributed by atoms with E-state index in [0.717, 1.165) is 5.56 Å². The molecule has 0 saturated heterocycles. The minimum Gasteiger partial charge on any atom is -0.509 e. The first-order valence-corrected chi connectivity index (χ1v) is 5.73. The van der Waals surface area contributed by atoms with Crippen LogP contribution in [-0.4, -0.2) is 16.6 Å². The standard InChI is InChI=1S/C13H14ClNO2/c1-7-4-5-9(14)8(6-7)10-11(16)13(2,3)15-12(10)17/h4-6,16H,1-3H3,(H,15,17). The van der Waals surface area contributed by atoms with E-state index in [0.29, 0.717) is 10.6 Å². The Labute approximate surface area is 105 Å². The van der Waals surface area contributed by atoms with Crippen molar-refractivity contribution in [3.05, 3.63) is 40.1 Å². The number of aryl methyl sites for hydroxylation is 1. The number of carbonyl (C=O) groups excluding carboxylic acids is 1. The predicted molar refractivity (Wildman–Crippen MR) is 68.0 cm³/mol. The minimum absolute atomic E-state index is 0.0370. The smallest absolute Gasteiger partial charge is 0.256 e. The normalized spacial score (nSPS) is 18.5. The Kier molecular flexibility index (Phi) is 2.66. The number of halogens is 1. The lowest BCUT2D eigenvalue weighted by Gasteiger charge is -2.17. The Morgan fingerprint density at radius 2 is 2.00 bits per heavy atom. The molecule has 1 aliphatic rings. The van der Waals surface area contributed by atoms with E-state index in [2.05, 4.69) is 5.32 Å². The lowest BCUT2D eigenvalue weighted by molar-refractivity contribution is -0.115. The first-order chi connectivity index (χ1) is 7.83. The number of hydrogen-bond acceptors (Lipinski definition) is 2. The molecular weight excluding hydrogens is 238 g/mol. The van der Waals surface area contributed by atoms with Gasteiger partial charge in [-0.3, -0.25) is 4.79 Å². The highest BCUT2D eigenvalue weighted by Crippen LogP contribution is 2.34. The molecule has 4 heteroatoms. The summed E-state index contributed by atoms with van der Waals surface area (Å²) in [5, 5.41) is 13.3. The van der Waals surface area contributed by atoms with Crippen molar-refractivity contribution in [3.63, 3.8) is 0 Å². The summed E-state index contributed by atoms with van der Waals surface area (Å²) in [6, 6.07) is 5.39. The molecule has 1 aromatic rings. The van der Waals surface area contributed by atoms with E-state index in [4.69, 9.17) is 11.6 Å². The quantitative estimate of drug-likeness (QED) is 0.806. The highest BCUT2D eigenvalue weighted by molar-refractivity contribution is 6.35. The molecule has 0 fully saturated rings. The van der Waals surface area contributed by atoms with Crippen molar-refractivity contribution >= 4 is 23.1 Å². The number of rotatable bonds is 1. The molecule has 2 N–H and O–H groups in total. The molecule has 3 nitrogen and oxygen atoms in total. The van der Waals surface area contributed by atoms with Crippen molar-refractivity contribution in [2.45, 2.75) is 26.3 Å². The van der Waals surface area contributed by atoms with E-state index >= 15 is 0 Å². The molecule has 0 spiro atoms. The maximum atomic E-state index is 11.9. The van der Waals surface area contributed by atoms with Gasteiger partial charge in [-0.05, 0) is 32.9 Å². The fourth-order valence-corrected chi connectivity index (χ4v) is 2.12. The van der Waals surface area contributed by atoms with Crippen LogP contribution in [0.2, 0.25) is 5.02 Å². The molecule has 0 aliphatic carbocycles. The predicted octanol–water partition coefficient (Wildman–Crippen LogP) is 2.83. The molecule has 0 radical (unpaired) electrons. The Morgan fingerprint density at radius 1 is 1.35 bits per heavy atom. The third kappa shape index (κ3) is 1.91. The lowest BCUT2D eigenvalue weighted by atomic mass is 9.98. The van der Waals surface area contributed by atoms with Crippen LogP contribution in [-0.2, 0) is 4.79 Å². The van der Waals surface area contributed by atoms with Crippen LogP contribution in [0.5, 0.6) is 0 Å². The monoisotopic (exact) mass is 251 g/mol. The summed E-state index contributed by atoms with van der Waals surface area (Å²) in [6.07, 6.45) is 0. The Balaban J connectivity index is 2.64. The third-order valence-electron chi connectivity index (χ3n) is 2.87. The molecule has 1 heterocycles. The topological polar surface area (TPSA) is 49.3 Å². The van der Waals surface area contributed by atoms with Gasteiger partial charge in [-0.25, -0.2) is 0 Å². The van der Waals surface area contributed by atoms with Crippen LogP contribution < -0.4 is 5.32 Å². The van der Waals surface area contributed by atoms with Gasteiger partial charge in [-0.15, -0.1) is 0 Å². The average Bonchev–Trinajstić information content (AvgIpc) is 2.41. The summed E-state index contributed by atoms with van der Waals surface area (Å²) in [5.74, 6) is -0.255.